The van der Waals surface area contributed by atoms with Gasteiger partial charge in [-0.2, -0.15) is 5.10 Å². The average Bonchev–Trinajstić information content (AvgIpc) is 2.66. The van der Waals surface area contributed by atoms with Crippen molar-refractivity contribution in [3.63, 3.8) is 0 Å². The van der Waals surface area contributed by atoms with Crippen molar-refractivity contribution in [1.29, 1.82) is 0 Å². The van der Waals surface area contributed by atoms with Crippen molar-refractivity contribution in [1.82, 2.24) is 9.78 Å². The van der Waals surface area contributed by atoms with Gasteiger partial charge in [-0.3, -0.25) is 4.68 Å². The van der Waals surface area contributed by atoms with Crippen molar-refractivity contribution < 1.29 is 9.13 Å². The van der Waals surface area contributed by atoms with Gasteiger partial charge in [-0.15, -0.1) is 0 Å². The number of nitrogens with zero attached hydrogens (tertiary/aromatic N) is 2. The third-order valence-electron chi connectivity index (χ3n) is 2.05. The molecule has 0 saturated heterocycles. The van der Waals surface area contributed by atoms with Crippen LogP contribution in [0.3, 0.4) is 0 Å². The number of aryl methyl sites for hydroxylation is 1. The topological polar surface area (TPSA) is 27.1 Å². The molecular weight excluding hydrogens is 275 g/mol. The van der Waals surface area contributed by atoms with Gasteiger partial charge >= 0.3 is 0 Å². The van der Waals surface area contributed by atoms with Gasteiger partial charge in [-0.05, 0) is 18.2 Å². The van der Waals surface area contributed by atoms with Crippen molar-refractivity contribution in [2.45, 2.75) is 6.61 Å². The van der Waals surface area contributed by atoms with E-state index in [1.807, 2.05) is 13.2 Å². The van der Waals surface area contributed by atoms with Crippen LogP contribution in [0.2, 0.25) is 0 Å². The van der Waals surface area contributed by atoms with Gasteiger partial charge in [0.2, 0.25) is 0 Å². The van der Waals surface area contributed by atoms with E-state index in [4.69, 9.17) is 4.74 Å². The number of aromatic nitrogens is 2. The van der Waals surface area contributed by atoms with Crippen LogP contribution in [0.4, 0.5) is 4.39 Å². The van der Waals surface area contributed by atoms with Gasteiger partial charge in [0.25, 0.3) is 0 Å². The Labute approximate surface area is 101 Å². The summed E-state index contributed by atoms with van der Waals surface area (Å²) in [6.45, 7) is 0.307. The lowest BCUT2D eigenvalue weighted by molar-refractivity contribution is 0.290. The molecule has 0 N–H and O–H groups in total. The Morgan fingerprint density at radius 2 is 2.31 bits per heavy atom. The zero-order valence-corrected chi connectivity index (χ0v) is 10.2. The maximum absolute atomic E-state index is 13.3. The molecule has 0 spiro atoms. The Hall–Kier alpha value is -1.36. The number of benzene rings is 1. The zero-order valence-electron chi connectivity index (χ0n) is 8.65. The van der Waals surface area contributed by atoms with E-state index in [9.17, 15) is 4.39 Å². The fraction of sp³-hybridized carbons (Fsp3) is 0.182. The van der Waals surface area contributed by atoms with Crippen molar-refractivity contribution in [2.75, 3.05) is 0 Å². The molecule has 1 aromatic heterocycles. The summed E-state index contributed by atoms with van der Waals surface area (Å²) in [6, 6.07) is 4.60. The summed E-state index contributed by atoms with van der Waals surface area (Å²) >= 11 is 3.26. The summed E-state index contributed by atoms with van der Waals surface area (Å²) in [5.74, 6) is -0.134. The van der Waals surface area contributed by atoms with E-state index in [1.165, 1.54) is 6.07 Å². The predicted molar refractivity (Wildman–Crippen MR) is 61.6 cm³/mol. The second kappa shape index (κ2) is 4.65. The van der Waals surface area contributed by atoms with Crippen LogP contribution in [-0.4, -0.2) is 9.78 Å². The van der Waals surface area contributed by atoms with E-state index in [1.54, 1.807) is 23.0 Å². The van der Waals surface area contributed by atoms with Gasteiger partial charge in [0, 0.05) is 23.3 Å². The summed E-state index contributed by atoms with van der Waals surface area (Å²) in [5.41, 5.74) is 0.905. The maximum atomic E-state index is 13.3. The Balaban J connectivity index is 2.07. The van der Waals surface area contributed by atoms with Crippen molar-refractivity contribution in [2.24, 2.45) is 7.05 Å². The number of ether oxygens (including phenoxy) is 1. The van der Waals surface area contributed by atoms with Crippen LogP contribution in [0.1, 0.15) is 5.56 Å². The summed E-state index contributed by atoms with van der Waals surface area (Å²) in [4.78, 5) is 0. The minimum absolute atomic E-state index is 0.234. The van der Waals surface area contributed by atoms with Gasteiger partial charge in [0.05, 0.1) is 6.20 Å². The SMILES string of the molecule is Cn1cc(COc2cc(Br)ccc2F)cn1. The maximum Gasteiger partial charge on any atom is 0.165 e. The van der Waals surface area contributed by atoms with E-state index in [0.717, 1.165) is 10.0 Å². The van der Waals surface area contributed by atoms with Crippen LogP contribution in [0.25, 0.3) is 0 Å². The molecule has 1 heterocycles. The second-order valence-corrected chi connectivity index (χ2v) is 4.30. The number of halogens is 2. The molecule has 0 atom stereocenters. The molecule has 0 unspecified atom stereocenters. The van der Waals surface area contributed by atoms with Crippen LogP contribution in [0, 0.1) is 5.82 Å². The molecule has 0 aliphatic carbocycles. The first kappa shape index (κ1) is 11.1. The molecule has 16 heavy (non-hydrogen) atoms. The zero-order chi connectivity index (χ0) is 11.5. The second-order valence-electron chi connectivity index (χ2n) is 3.39. The lowest BCUT2D eigenvalue weighted by atomic mass is 10.3. The molecule has 0 bridgehead atoms. The van der Waals surface area contributed by atoms with E-state index in [-0.39, 0.29) is 11.6 Å². The monoisotopic (exact) mass is 284 g/mol. The summed E-state index contributed by atoms with van der Waals surface area (Å²) in [7, 11) is 1.82. The molecule has 0 aliphatic rings. The molecule has 0 radical (unpaired) electrons. The molecule has 0 aliphatic heterocycles. The lowest BCUT2D eigenvalue weighted by Crippen LogP contribution is -1.96. The Morgan fingerprint density at radius 3 is 3.00 bits per heavy atom. The molecule has 2 aromatic rings. The third-order valence-corrected chi connectivity index (χ3v) is 2.54. The van der Waals surface area contributed by atoms with Crippen LogP contribution in [-0.2, 0) is 13.7 Å². The Kier molecular flexibility index (Phi) is 3.24. The van der Waals surface area contributed by atoms with Crippen LogP contribution < -0.4 is 4.74 Å². The van der Waals surface area contributed by atoms with Crippen LogP contribution in [0.5, 0.6) is 5.75 Å². The fourth-order valence-electron chi connectivity index (χ4n) is 1.30. The summed E-state index contributed by atoms with van der Waals surface area (Å²) in [5, 5.41) is 4.00. The molecule has 5 heteroatoms. The number of hydrogen-bond acceptors (Lipinski definition) is 2. The first-order valence-electron chi connectivity index (χ1n) is 4.70. The molecule has 2 rings (SSSR count). The smallest absolute Gasteiger partial charge is 0.165 e. The van der Waals surface area contributed by atoms with Crippen molar-refractivity contribution in [3.05, 3.63) is 46.4 Å². The summed E-state index contributed by atoms with van der Waals surface area (Å²) in [6.07, 6.45) is 3.52. The van der Waals surface area contributed by atoms with E-state index in [2.05, 4.69) is 21.0 Å². The predicted octanol–water partition coefficient (Wildman–Crippen LogP) is 2.90. The van der Waals surface area contributed by atoms with Gasteiger partial charge in [0.15, 0.2) is 11.6 Å². The first-order chi connectivity index (χ1) is 7.65. The highest BCUT2D eigenvalue weighted by molar-refractivity contribution is 9.10. The van der Waals surface area contributed by atoms with Crippen molar-refractivity contribution in [3.8, 4) is 5.75 Å². The highest BCUT2D eigenvalue weighted by atomic mass is 79.9. The molecule has 3 nitrogen and oxygen atoms in total. The minimum Gasteiger partial charge on any atom is -0.486 e. The number of rotatable bonds is 3. The average molecular weight is 285 g/mol. The summed E-state index contributed by atoms with van der Waals surface area (Å²) < 4.78 is 21.1. The van der Waals surface area contributed by atoms with Gasteiger partial charge in [0.1, 0.15) is 6.61 Å². The Morgan fingerprint density at radius 1 is 1.50 bits per heavy atom. The Bertz CT molecular complexity index is 498. The molecular formula is C11H10BrFN2O. The quantitative estimate of drug-likeness (QED) is 0.867. The third kappa shape index (κ3) is 2.61. The van der Waals surface area contributed by atoms with Crippen LogP contribution >= 0.6 is 15.9 Å². The van der Waals surface area contributed by atoms with Crippen molar-refractivity contribution >= 4 is 15.9 Å². The first-order valence-corrected chi connectivity index (χ1v) is 5.50. The van der Waals surface area contributed by atoms with Gasteiger partial charge in [-0.1, -0.05) is 15.9 Å². The normalized spacial score (nSPS) is 10.4. The van der Waals surface area contributed by atoms with Gasteiger partial charge < -0.3 is 4.74 Å². The highest BCUT2D eigenvalue weighted by Gasteiger charge is 2.04. The minimum atomic E-state index is -0.368. The fourth-order valence-corrected chi connectivity index (χ4v) is 1.64. The van der Waals surface area contributed by atoms with Crippen LogP contribution in [0.15, 0.2) is 35.1 Å². The highest BCUT2D eigenvalue weighted by Crippen LogP contribution is 2.22. The largest absolute Gasteiger partial charge is 0.486 e. The standard InChI is InChI=1S/C11H10BrFN2O/c1-15-6-8(5-14-15)7-16-11-4-9(12)2-3-10(11)13/h2-6H,7H2,1H3. The van der Waals surface area contributed by atoms with E-state index < -0.39 is 0 Å². The van der Waals surface area contributed by atoms with E-state index in [0.29, 0.717) is 6.61 Å². The van der Waals surface area contributed by atoms with Gasteiger partial charge in [-0.25, -0.2) is 4.39 Å². The molecule has 1 aromatic carbocycles. The molecule has 0 amide bonds. The molecule has 0 fully saturated rings. The number of hydrogen-bond donors (Lipinski definition) is 0. The molecule has 0 saturated carbocycles. The lowest BCUT2D eigenvalue weighted by Gasteiger charge is -2.05. The van der Waals surface area contributed by atoms with E-state index >= 15 is 0 Å². The molecule has 84 valence electrons.